The second-order valence-electron chi connectivity index (χ2n) is 8.25. The summed E-state index contributed by atoms with van der Waals surface area (Å²) in [5.41, 5.74) is 1.57. The lowest BCUT2D eigenvalue weighted by Crippen LogP contribution is -2.46. The Labute approximate surface area is 193 Å². The molecule has 0 saturated heterocycles. The summed E-state index contributed by atoms with van der Waals surface area (Å²) in [6, 6.07) is 12.5. The van der Waals surface area contributed by atoms with Gasteiger partial charge in [0.05, 0.1) is 27.6 Å². The summed E-state index contributed by atoms with van der Waals surface area (Å²) in [5, 5.41) is 6.59. The fourth-order valence-corrected chi connectivity index (χ4v) is 4.75. The number of carbonyl (C=O) groups excluding carboxylic acids is 2. The van der Waals surface area contributed by atoms with Crippen LogP contribution in [0.4, 0.5) is 5.69 Å². The average molecular weight is 463 g/mol. The molecule has 0 heterocycles. The van der Waals surface area contributed by atoms with Gasteiger partial charge >= 0.3 is 0 Å². The third-order valence-corrected chi connectivity index (χ3v) is 6.41. The molecule has 0 aromatic heterocycles. The van der Waals surface area contributed by atoms with Crippen molar-refractivity contribution in [2.24, 2.45) is 5.41 Å². The van der Waals surface area contributed by atoms with Crippen molar-refractivity contribution in [3.63, 3.8) is 0 Å². The van der Waals surface area contributed by atoms with Crippen molar-refractivity contribution in [1.29, 1.82) is 0 Å². The van der Waals surface area contributed by atoms with Crippen LogP contribution in [0.25, 0.3) is 0 Å². The van der Waals surface area contributed by atoms with E-state index in [0.29, 0.717) is 28.8 Å². The van der Waals surface area contributed by atoms with Crippen molar-refractivity contribution in [2.75, 3.05) is 19.0 Å². The van der Waals surface area contributed by atoms with Gasteiger partial charge in [-0.05, 0) is 56.0 Å². The molecule has 1 atom stereocenters. The maximum Gasteiger partial charge on any atom is 0.258 e. The van der Waals surface area contributed by atoms with E-state index in [1.165, 1.54) is 0 Å². The van der Waals surface area contributed by atoms with E-state index in [1.807, 2.05) is 31.2 Å². The van der Waals surface area contributed by atoms with Gasteiger partial charge in [-0.3, -0.25) is 9.59 Å². The molecular formula is C24H28Cl2N2O3. The molecule has 1 unspecified atom stereocenters. The molecule has 2 N–H and O–H groups in total. The lowest BCUT2D eigenvalue weighted by Gasteiger charge is -2.28. The fraction of sp³-hybridized carbons (Fsp3) is 0.417. The number of methoxy groups -OCH3 is 1. The van der Waals surface area contributed by atoms with Crippen LogP contribution >= 0.6 is 23.2 Å². The minimum atomic E-state index is -0.392. The standard InChI is InChI=1S/C24H28Cl2N2O3/c1-16(27-23(30)24(15-31-2)12-3-4-13-24)14-17-8-10-18(11-9-17)28-22(29)21-19(25)6-5-7-20(21)26/h5-11,16H,3-4,12-15H2,1-2H3,(H,27,30)(H,28,29). The quantitative estimate of drug-likeness (QED) is 0.543. The van der Waals surface area contributed by atoms with Gasteiger partial charge in [-0.15, -0.1) is 0 Å². The molecule has 0 spiro atoms. The van der Waals surface area contributed by atoms with E-state index in [0.717, 1.165) is 31.2 Å². The molecular weight excluding hydrogens is 435 g/mol. The lowest BCUT2D eigenvalue weighted by atomic mass is 9.85. The number of nitrogens with one attached hydrogen (secondary N) is 2. The zero-order chi connectivity index (χ0) is 22.4. The van der Waals surface area contributed by atoms with Crippen molar-refractivity contribution in [2.45, 2.75) is 45.1 Å². The number of anilines is 1. The van der Waals surface area contributed by atoms with E-state index in [9.17, 15) is 9.59 Å². The molecule has 5 nitrogen and oxygen atoms in total. The zero-order valence-electron chi connectivity index (χ0n) is 17.8. The van der Waals surface area contributed by atoms with Crippen molar-refractivity contribution in [3.05, 3.63) is 63.6 Å². The predicted molar refractivity (Wildman–Crippen MR) is 125 cm³/mol. The van der Waals surface area contributed by atoms with Gasteiger partial charge < -0.3 is 15.4 Å². The smallest absolute Gasteiger partial charge is 0.258 e. The van der Waals surface area contributed by atoms with Crippen molar-refractivity contribution < 1.29 is 14.3 Å². The molecule has 0 radical (unpaired) electrons. The highest BCUT2D eigenvalue weighted by atomic mass is 35.5. The largest absolute Gasteiger partial charge is 0.384 e. The average Bonchev–Trinajstić information content (AvgIpc) is 3.19. The molecule has 7 heteroatoms. The Bertz CT molecular complexity index is 905. The normalized spacial score (nSPS) is 16.0. The molecule has 2 aromatic rings. The third kappa shape index (κ3) is 5.79. The molecule has 166 valence electrons. The monoisotopic (exact) mass is 462 g/mol. The van der Waals surface area contributed by atoms with E-state index in [2.05, 4.69) is 10.6 Å². The maximum absolute atomic E-state index is 12.9. The Balaban J connectivity index is 1.57. The highest BCUT2D eigenvalue weighted by Gasteiger charge is 2.41. The van der Waals surface area contributed by atoms with E-state index >= 15 is 0 Å². The van der Waals surface area contributed by atoms with Gasteiger partial charge in [0.15, 0.2) is 0 Å². The zero-order valence-corrected chi connectivity index (χ0v) is 19.4. The predicted octanol–water partition coefficient (Wildman–Crippen LogP) is 5.50. The van der Waals surface area contributed by atoms with E-state index < -0.39 is 5.41 Å². The molecule has 1 aliphatic carbocycles. The molecule has 2 aromatic carbocycles. The Hall–Kier alpha value is -2.08. The maximum atomic E-state index is 12.9. The first kappa shape index (κ1) is 23.6. The molecule has 0 bridgehead atoms. The molecule has 1 fully saturated rings. The fourth-order valence-electron chi connectivity index (χ4n) is 4.18. The topological polar surface area (TPSA) is 67.4 Å². The first-order chi connectivity index (χ1) is 14.8. The first-order valence-electron chi connectivity index (χ1n) is 10.5. The first-order valence-corrected chi connectivity index (χ1v) is 11.2. The highest BCUT2D eigenvalue weighted by Crippen LogP contribution is 2.38. The minimum Gasteiger partial charge on any atom is -0.384 e. The molecule has 31 heavy (non-hydrogen) atoms. The molecule has 0 aliphatic heterocycles. The number of halogens is 2. The van der Waals surface area contributed by atoms with Gasteiger partial charge in [-0.1, -0.05) is 54.2 Å². The number of rotatable bonds is 8. The SMILES string of the molecule is COCC1(C(=O)NC(C)Cc2ccc(NC(=O)c3c(Cl)cccc3Cl)cc2)CCCC1. The summed E-state index contributed by atoms with van der Waals surface area (Å²) in [7, 11) is 1.65. The van der Waals surface area contributed by atoms with Gasteiger partial charge in [0, 0.05) is 18.8 Å². The van der Waals surface area contributed by atoms with Crippen LogP contribution in [0.5, 0.6) is 0 Å². The highest BCUT2D eigenvalue weighted by molar-refractivity contribution is 6.40. The van der Waals surface area contributed by atoms with Gasteiger partial charge in [0.1, 0.15) is 0 Å². The molecule has 1 saturated carbocycles. The molecule has 3 rings (SSSR count). The van der Waals surface area contributed by atoms with Crippen LogP contribution in [0.2, 0.25) is 10.0 Å². The van der Waals surface area contributed by atoms with Crippen LogP contribution in [0.15, 0.2) is 42.5 Å². The van der Waals surface area contributed by atoms with Crippen LogP contribution < -0.4 is 10.6 Å². The Morgan fingerprint density at radius 1 is 1.06 bits per heavy atom. The van der Waals surface area contributed by atoms with Crippen molar-refractivity contribution >= 4 is 40.7 Å². The number of hydrogen-bond acceptors (Lipinski definition) is 3. The molecule has 1 aliphatic rings. The number of ether oxygens (including phenoxy) is 1. The van der Waals surface area contributed by atoms with Crippen molar-refractivity contribution in [3.8, 4) is 0 Å². The Morgan fingerprint density at radius 3 is 2.26 bits per heavy atom. The van der Waals surface area contributed by atoms with Crippen LogP contribution in [-0.4, -0.2) is 31.6 Å². The summed E-state index contributed by atoms with van der Waals surface area (Å²) >= 11 is 12.2. The van der Waals surface area contributed by atoms with Gasteiger partial charge in [-0.25, -0.2) is 0 Å². The second-order valence-corrected chi connectivity index (χ2v) is 9.06. The van der Waals surface area contributed by atoms with Gasteiger partial charge in [0.2, 0.25) is 5.91 Å². The van der Waals surface area contributed by atoms with Crippen LogP contribution in [0, 0.1) is 5.41 Å². The number of benzene rings is 2. The number of hydrogen-bond donors (Lipinski definition) is 2. The van der Waals surface area contributed by atoms with Crippen LogP contribution in [0.1, 0.15) is 48.5 Å². The summed E-state index contributed by atoms with van der Waals surface area (Å²) in [5.74, 6) is -0.274. The summed E-state index contributed by atoms with van der Waals surface area (Å²) in [6.45, 7) is 2.47. The molecule has 2 amide bonds. The summed E-state index contributed by atoms with van der Waals surface area (Å²) in [6.07, 6.45) is 4.58. The number of carbonyl (C=O) groups is 2. The minimum absolute atomic E-state index is 0.01000. The van der Waals surface area contributed by atoms with E-state index in [1.54, 1.807) is 25.3 Å². The Kier molecular flexibility index (Phi) is 7.98. The van der Waals surface area contributed by atoms with Crippen LogP contribution in [-0.2, 0) is 16.0 Å². The van der Waals surface area contributed by atoms with Gasteiger partial charge in [-0.2, -0.15) is 0 Å². The van der Waals surface area contributed by atoms with Crippen LogP contribution in [0.3, 0.4) is 0 Å². The number of amides is 2. The van der Waals surface area contributed by atoms with E-state index in [-0.39, 0.29) is 23.4 Å². The Morgan fingerprint density at radius 2 is 1.68 bits per heavy atom. The van der Waals surface area contributed by atoms with Crippen molar-refractivity contribution in [1.82, 2.24) is 5.32 Å². The summed E-state index contributed by atoms with van der Waals surface area (Å²) in [4.78, 5) is 25.4. The third-order valence-electron chi connectivity index (χ3n) is 5.78. The van der Waals surface area contributed by atoms with Gasteiger partial charge in [0.25, 0.3) is 5.91 Å². The van der Waals surface area contributed by atoms with E-state index in [4.69, 9.17) is 27.9 Å². The second kappa shape index (κ2) is 10.5. The lowest BCUT2D eigenvalue weighted by molar-refractivity contribution is -0.134. The summed E-state index contributed by atoms with van der Waals surface area (Å²) < 4.78 is 5.33.